The van der Waals surface area contributed by atoms with Gasteiger partial charge in [-0.15, -0.1) is 83.2 Å². The van der Waals surface area contributed by atoms with E-state index in [-0.39, 0.29) is 77.9 Å². The van der Waals surface area contributed by atoms with Crippen LogP contribution in [-0.4, -0.2) is 26.1 Å². The smallest absolute Gasteiger partial charge is 0.640 e. The van der Waals surface area contributed by atoms with Crippen LogP contribution in [0.25, 0.3) is 100 Å². The first-order valence-corrected chi connectivity index (χ1v) is 35.1. The van der Waals surface area contributed by atoms with Gasteiger partial charge in [0.15, 0.2) is 0 Å². The maximum absolute atomic E-state index is 5.86. The summed E-state index contributed by atoms with van der Waals surface area (Å²) in [6.07, 6.45) is 4.20. The Bertz CT molecular complexity index is 5160. The quantitative estimate of drug-likeness (QED) is 0.0897. The number of aromatic nitrogens is 3. The summed E-state index contributed by atoms with van der Waals surface area (Å²) in [5.74, 6) is 0.867. The fourth-order valence-corrected chi connectivity index (χ4v) is 14.5. The molecule has 2 aliphatic heterocycles. The molecule has 4 heterocycles. The summed E-state index contributed by atoms with van der Waals surface area (Å²) in [6.45, 7) is 21.2. The topological polar surface area (TPSA) is 49.7 Å². The molecule has 14 aromatic rings. The van der Waals surface area contributed by atoms with E-state index >= 15 is 0 Å². The number of para-hydroxylation sites is 2. The van der Waals surface area contributed by atoms with Crippen LogP contribution in [0.2, 0.25) is 0 Å². The summed E-state index contributed by atoms with van der Waals surface area (Å²) < 4.78 is 12.5. The summed E-state index contributed by atoms with van der Waals surface area (Å²) in [6, 6.07) is 109. The molecule has 0 fully saturated rings. The molecule has 12 heteroatoms. The van der Waals surface area contributed by atoms with Gasteiger partial charge >= 0.3 is 39.0 Å². The van der Waals surface area contributed by atoms with Crippen LogP contribution in [0.1, 0.15) is 55.6 Å². The van der Waals surface area contributed by atoms with E-state index in [9.17, 15) is 0 Å². The Balaban J connectivity index is 0.000000161. The number of hydrogen-bond acceptors (Lipinski definition) is 7. The molecule has 0 bridgehead atoms. The van der Waals surface area contributed by atoms with Gasteiger partial charge in [0.2, 0.25) is 0 Å². The first-order chi connectivity index (χ1) is 49.7. The van der Waals surface area contributed by atoms with Crippen molar-refractivity contribution in [2.24, 2.45) is 7.05 Å². The Hall–Kier alpha value is -9.35. The van der Waals surface area contributed by atoms with Crippen LogP contribution in [0.4, 0.5) is 11.4 Å². The van der Waals surface area contributed by atoms with Gasteiger partial charge in [-0.1, -0.05) is 189 Å². The zero-order chi connectivity index (χ0) is 70.6. The van der Waals surface area contributed by atoms with Crippen molar-refractivity contribution in [1.82, 2.24) is 19.1 Å². The minimum atomic E-state index is 0. The summed E-state index contributed by atoms with van der Waals surface area (Å²) in [5, 5.41) is 4.71. The molecule has 0 saturated heterocycles. The van der Waals surface area contributed by atoms with Crippen LogP contribution < -0.4 is 9.80 Å². The molecule has 2 aromatic heterocycles. The predicted octanol–water partition coefficient (Wildman–Crippen LogP) is 23.8. The van der Waals surface area contributed by atoms with Gasteiger partial charge in [-0.05, 0) is 175 Å². The van der Waals surface area contributed by atoms with Crippen LogP contribution in [-0.2, 0) is 89.7 Å². The number of nitrogens with zero attached hydrogens (tertiary/aromatic N) is 6. The number of hydrogen-bond donors (Lipinski definition) is 0. The Labute approximate surface area is 682 Å². The third-order valence-corrected chi connectivity index (χ3v) is 19.2. The van der Waals surface area contributed by atoms with Crippen LogP contribution in [0.5, 0.6) is 0 Å². The van der Waals surface area contributed by atoms with Gasteiger partial charge in [-0.25, -0.2) is 9.47 Å². The molecule has 536 valence electrons. The van der Waals surface area contributed by atoms with Crippen LogP contribution in [0.3, 0.4) is 0 Å². The van der Waals surface area contributed by atoms with Gasteiger partial charge in [-0.2, -0.15) is 67.3 Å². The van der Waals surface area contributed by atoms with Gasteiger partial charge in [0, 0.05) is 90.9 Å². The number of rotatable bonds is 12. The first kappa shape index (κ1) is 80.7. The largest absolute Gasteiger partial charge is 2.00 e. The van der Waals surface area contributed by atoms with Crippen molar-refractivity contribution in [1.29, 1.82) is 0 Å². The van der Waals surface area contributed by atoms with Crippen molar-refractivity contribution in [3.05, 3.63) is 385 Å². The zero-order valence-corrected chi connectivity index (χ0v) is 68.1. The van der Waals surface area contributed by atoms with Crippen molar-refractivity contribution in [2.75, 3.05) is 16.8 Å². The molecule has 0 amide bonds. The van der Waals surface area contributed by atoms with Crippen molar-refractivity contribution >= 4 is 34.4 Å². The Morgan fingerprint density at radius 2 is 0.726 bits per heavy atom. The predicted molar refractivity (Wildman–Crippen MR) is 426 cm³/mol. The molecule has 2 aliphatic rings. The molecule has 16 rings (SSSR count). The molecule has 0 atom stereocenters. The van der Waals surface area contributed by atoms with Crippen LogP contribution >= 0.6 is 11.5 Å². The monoisotopic (exact) mass is 1750 g/mol. The third kappa shape index (κ3) is 19.1. The average molecular weight is 1750 g/mol. The number of ether oxygens (including phenoxy) is 1. The van der Waals surface area contributed by atoms with Gasteiger partial charge in [0.05, 0.1) is 5.69 Å². The molecule has 7 nitrogen and oxygen atoms in total. The second kappa shape index (κ2) is 37.8. The number of benzene rings is 12. The van der Waals surface area contributed by atoms with E-state index in [1.54, 1.807) is 18.3 Å². The number of anilines is 2. The Morgan fingerprint density at radius 3 is 1.13 bits per heavy atom. The number of aryl methyl sites for hydroxylation is 9. The van der Waals surface area contributed by atoms with Gasteiger partial charge in [0.1, 0.15) is 5.76 Å². The molecule has 0 saturated carbocycles. The van der Waals surface area contributed by atoms with Crippen molar-refractivity contribution in [3.63, 3.8) is 0 Å². The van der Waals surface area contributed by atoms with E-state index in [1.165, 1.54) is 116 Å². The van der Waals surface area contributed by atoms with Gasteiger partial charge in [0.25, 0.3) is 0 Å². The fraction of sp³-hybridized carbons (Fsp3) is 0.106. The standard InChI is InChI=1S/C24H22N2.C24H21N2.C23H19NO.C23H18NS.4Rh/c1-18-14-21(20-10-6-4-7-11-20)15-19(2)24(18)23-16-26(17-25(23)3)22-12-8-5-9-13-22;1-17-14-21(19-10-6-4-7-11-19)15-18(2)24(17)23-16-22(25-26(23)3)20-12-8-5-9-13-20;1-17-13-20(19-9-5-3-6-10-19)14-18(2)23(17)22-15-24(16-25-22)21-11-7-4-8-12-21;1-16-13-20(18-9-5-3-6-10-18)14-17(2)23(16)22-15-21(24-25-22)19-11-7-4-8-12-19;;;;/h4-12,14-17H,1-3H3;4-12,14-16H,1-3H3;3-11,13-16H,1-2H3;3-11,13-15H,1-2H3;;;;/q-2;-1;-2;-1;;;2*+2. The third-order valence-electron chi connectivity index (χ3n) is 18.4. The normalized spacial score (nSPS) is 11.8. The average Bonchev–Trinajstić information content (AvgIpc) is 1.56. The maximum Gasteiger partial charge on any atom is 2.00 e. The SMILES string of the molecule is Cc1cc(-c2ccccc2)cc(C)c1-c1cc(-c2[c-]cccc2)nn1C.Cc1cc(-c2ccccc2)cc(C)c1-c1cc(-c2[c-]cccc2)ns1.Cc1cc(-c2ccccc2)cc(C)c1C1=CN(c2[c-]cccc2)[CH-]N1C.Cc1cc(-c2ccccc2)cc(C)c1C1=CN(c2[c-]cccc2)[CH-]O1.[Rh+2].[Rh+2].[Rh].[Rh]. The molecule has 0 N–H and O–H groups in total. The van der Waals surface area contributed by atoms with E-state index in [2.05, 4.69) is 302 Å². The molecular formula is C94H80N6ORh4S-2. The molecule has 0 aliphatic carbocycles. The first-order valence-electron chi connectivity index (χ1n) is 34.4. The van der Waals surface area contributed by atoms with Gasteiger partial charge < -0.3 is 19.4 Å². The fourth-order valence-electron chi connectivity index (χ4n) is 13.6. The summed E-state index contributed by atoms with van der Waals surface area (Å²) >= 11 is 1.56. The Morgan fingerprint density at radius 1 is 0.358 bits per heavy atom. The maximum atomic E-state index is 5.86. The summed E-state index contributed by atoms with van der Waals surface area (Å²) in [7, 11) is 4.10. The molecule has 0 spiro atoms. The molecule has 4 radical (unpaired) electrons. The zero-order valence-electron chi connectivity index (χ0n) is 60.7. The minimum absolute atomic E-state index is 0. The van der Waals surface area contributed by atoms with Crippen molar-refractivity contribution in [2.45, 2.75) is 55.4 Å². The van der Waals surface area contributed by atoms with Crippen molar-refractivity contribution in [3.8, 4) is 88.7 Å². The van der Waals surface area contributed by atoms with E-state index in [1.807, 2.05) is 114 Å². The van der Waals surface area contributed by atoms with E-state index in [4.69, 9.17) is 9.84 Å². The molecule has 0 unspecified atom stereocenters. The van der Waals surface area contributed by atoms with Crippen molar-refractivity contribution < 1.29 is 82.6 Å². The van der Waals surface area contributed by atoms with E-state index in [0.29, 0.717) is 0 Å². The minimum Gasteiger partial charge on any atom is -0.640 e. The second-order valence-corrected chi connectivity index (χ2v) is 26.6. The molecule has 106 heavy (non-hydrogen) atoms. The Kier molecular flexibility index (Phi) is 28.8. The summed E-state index contributed by atoms with van der Waals surface area (Å²) in [5.41, 5.74) is 33.4. The van der Waals surface area contributed by atoms with E-state index < -0.39 is 0 Å². The summed E-state index contributed by atoms with van der Waals surface area (Å²) in [4.78, 5) is 7.47. The van der Waals surface area contributed by atoms with Crippen LogP contribution in [0, 0.1) is 93.1 Å². The van der Waals surface area contributed by atoms with E-state index in [0.717, 1.165) is 50.9 Å². The molecular weight excluding hydrogens is 1670 g/mol. The van der Waals surface area contributed by atoms with Gasteiger partial charge in [-0.3, -0.25) is 4.68 Å². The van der Waals surface area contributed by atoms with Crippen LogP contribution in [0.15, 0.2) is 291 Å². The molecule has 12 aromatic carbocycles. The second-order valence-electron chi connectivity index (χ2n) is 25.8.